The van der Waals surface area contributed by atoms with Crippen molar-refractivity contribution in [2.75, 3.05) is 12.4 Å². The van der Waals surface area contributed by atoms with Crippen LogP contribution >= 0.6 is 0 Å². The van der Waals surface area contributed by atoms with Crippen LogP contribution in [0.15, 0.2) is 24.3 Å². The van der Waals surface area contributed by atoms with Gasteiger partial charge < -0.3 is 15.2 Å². The summed E-state index contributed by atoms with van der Waals surface area (Å²) in [5.41, 5.74) is 0.576. The van der Waals surface area contributed by atoms with Crippen LogP contribution in [0, 0.1) is 5.92 Å². The van der Waals surface area contributed by atoms with Crippen LogP contribution in [0.1, 0.15) is 44.9 Å². The normalized spacial score (nSPS) is 33.3. The third-order valence-electron chi connectivity index (χ3n) is 5.17. The minimum Gasteiger partial charge on any atom is -0.497 e. The van der Waals surface area contributed by atoms with Gasteiger partial charge in [0.1, 0.15) is 5.75 Å². The Hall–Kier alpha value is -1.22. The molecule has 20 heavy (non-hydrogen) atoms. The van der Waals surface area contributed by atoms with Gasteiger partial charge in [-0.25, -0.2) is 0 Å². The van der Waals surface area contributed by atoms with Crippen LogP contribution in [-0.4, -0.2) is 23.9 Å². The van der Waals surface area contributed by atoms with E-state index in [1.807, 2.05) is 24.3 Å². The molecule has 2 aliphatic carbocycles. The summed E-state index contributed by atoms with van der Waals surface area (Å²) in [4.78, 5) is 0. The summed E-state index contributed by atoms with van der Waals surface area (Å²) in [7, 11) is 1.68. The predicted molar refractivity (Wildman–Crippen MR) is 81.2 cm³/mol. The molecule has 2 unspecified atom stereocenters. The van der Waals surface area contributed by atoms with Crippen LogP contribution in [0.5, 0.6) is 5.75 Å². The molecule has 3 nitrogen and oxygen atoms in total. The maximum absolute atomic E-state index is 11.1. The molecular formula is C17H25NO2. The molecule has 2 saturated carbocycles. The summed E-state index contributed by atoms with van der Waals surface area (Å²) >= 11 is 0. The van der Waals surface area contributed by atoms with E-state index in [9.17, 15) is 5.11 Å². The zero-order valence-corrected chi connectivity index (χ0v) is 12.3. The molecule has 110 valence electrons. The van der Waals surface area contributed by atoms with Gasteiger partial charge in [0.15, 0.2) is 0 Å². The van der Waals surface area contributed by atoms with Crippen LogP contribution in [-0.2, 0) is 0 Å². The molecule has 3 heteroatoms. The minimum absolute atomic E-state index is 0.190. The summed E-state index contributed by atoms with van der Waals surface area (Å²) < 4.78 is 5.19. The van der Waals surface area contributed by atoms with Gasteiger partial charge in [0, 0.05) is 5.69 Å². The molecule has 2 fully saturated rings. The number of rotatable bonds is 3. The van der Waals surface area contributed by atoms with Gasteiger partial charge in [-0.3, -0.25) is 0 Å². The van der Waals surface area contributed by atoms with Gasteiger partial charge in [0.05, 0.1) is 18.8 Å². The standard InChI is InChI=1S/C17H25NO2/c1-20-15-10-8-14(9-11-15)18-16-7-4-6-13-5-2-3-12-17(13,16)19/h8-11,13,16,18-19H,2-7,12H2,1H3/t13?,16-,17?/m0/s1. The lowest BCUT2D eigenvalue weighted by atomic mass is 9.65. The van der Waals surface area contributed by atoms with Crippen molar-refractivity contribution in [3.63, 3.8) is 0 Å². The highest BCUT2D eigenvalue weighted by atomic mass is 16.5. The van der Waals surface area contributed by atoms with E-state index in [0.717, 1.165) is 30.7 Å². The van der Waals surface area contributed by atoms with Gasteiger partial charge in [-0.15, -0.1) is 0 Å². The van der Waals surface area contributed by atoms with E-state index in [0.29, 0.717) is 5.92 Å². The Morgan fingerprint density at radius 2 is 1.85 bits per heavy atom. The van der Waals surface area contributed by atoms with E-state index >= 15 is 0 Å². The molecule has 1 aromatic rings. The second-order valence-electron chi connectivity index (χ2n) is 6.29. The van der Waals surface area contributed by atoms with Gasteiger partial charge >= 0.3 is 0 Å². The fourth-order valence-corrected chi connectivity index (χ4v) is 4.01. The van der Waals surface area contributed by atoms with Gasteiger partial charge in [-0.05, 0) is 55.9 Å². The molecule has 0 bridgehead atoms. The average molecular weight is 275 g/mol. The van der Waals surface area contributed by atoms with E-state index in [4.69, 9.17) is 4.74 Å². The van der Waals surface area contributed by atoms with Crippen LogP contribution in [0.3, 0.4) is 0 Å². The maximum Gasteiger partial charge on any atom is 0.119 e. The first-order chi connectivity index (χ1) is 9.72. The van der Waals surface area contributed by atoms with Crippen molar-refractivity contribution < 1.29 is 9.84 Å². The minimum atomic E-state index is -0.504. The Labute approximate surface area is 121 Å². The number of ether oxygens (including phenoxy) is 1. The molecule has 0 aromatic heterocycles. The molecule has 0 aliphatic heterocycles. The number of fused-ring (bicyclic) bond motifs is 1. The van der Waals surface area contributed by atoms with Gasteiger partial charge in [-0.2, -0.15) is 0 Å². The molecule has 0 spiro atoms. The molecule has 0 saturated heterocycles. The summed E-state index contributed by atoms with van der Waals surface area (Å²) in [5.74, 6) is 1.36. The zero-order valence-electron chi connectivity index (χ0n) is 12.3. The SMILES string of the molecule is COc1ccc(N[C@H]2CCCC3CCCCC32O)cc1. The zero-order chi connectivity index (χ0) is 14.0. The van der Waals surface area contributed by atoms with Crippen molar-refractivity contribution in [3.8, 4) is 5.75 Å². The molecule has 3 rings (SSSR count). The van der Waals surface area contributed by atoms with Crippen LogP contribution < -0.4 is 10.1 Å². The Bertz CT molecular complexity index is 443. The highest BCUT2D eigenvalue weighted by Crippen LogP contribution is 2.44. The van der Waals surface area contributed by atoms with E-state index in [2.05, 4.69) is 5.32 Å². The van der Waals surface area contributed by atoms with Crippen LogP contribution in [0.25, 0.3) is 0 Å². The Balaban J connectivity index is 1.74. The monoisotopic (exact) mass is 275 g/mol. The number of benzene rings is 1. The first-order valence-electron chi connectivity index (χ1n) is 7.85. The number of aliphatic hydroxyl groups is 1. The van der Waals surface area contributed by atoms with Gasteiger partial charge in [0.2, 0.25) is 0 Å². The highest BCUT2D eigenvalue weighted by Gasteiger charge is 2.47. The average Bonchev–Trinajstić information content (AvgIpc) is 2.49. The summed E-state index contributed by atoms with van der Waals surface area (Å²) in [6, 6.07) is 8.19. The first-order valence-corrected chi connectivity index (χ1v) is 7.85. The molecule has 2 N–H and O–H groups in total. The number of hydrogen-bond donors (Lipinski definition) is 2. The lowest BCUT2D eigenvalue weighted by Crippen LogP contribution is -2.56. The second kappa shape index (κ2) is 5.65. The Morgan fingerprint density at radius 3 is 2.60 bits per heavy atom. The van der Waals surface area contributed by atoms with Crippen molar-refractivity contribution in [1.29, 1.82) is 0 Å². The largest absolute Gasteiger partial charge is 0.497 e. The quantitative estimate of drug-likeness (QED) is 0.886. The van der Waals surface area contributed by atoms with Crippen molar-refractivity contribution in [2.24, 2.45) is 5.92 Å². The fourth-order valence-electron chi connectivity index (χ4n) is 4.01. The van der Waals surface area contributed by atoms with E-state index < -0.39 is 5.60 Å². The lowest BCUT2D eigenvalue weighted by Gasteiger charge is -2.49. The van der Waals surface area contributed by atoms with Crippen molar-refractivity contribution in [1.82, 2.24) is 0 Å². The highest BCUT2D eigenvalue weighted by molar-refractivity contribution is 5.47. The molecule has 0 heterocycles. The smallest absolute Gasteiger partial charge is 0.119 e. The van der Waals surface area contributed by atoms with Crippen molar-refractivity contribution in [3.05, 3.63) is 24.3 Å². The number of methoxy groups -OCH3 is 1. The molecule has 3 atom stereocenters. The number of anilines is 1. The second-order valence-corrected chi connectivity index (χ2v) is 6.29. The molecular weight excluding hydrogens is 250 g/mol. The van der Waals surface area contributed by atoms with Gasteiger partial charge in [0.25, 0.3) is 0 Å². The Morgan fingerprint density at radius 1 is 1.10 bits per heavy atom. The molecule has 2 aliphatic rings. The maximum atomic E-state index is 11.1. The van der Waals surface area contributed by atoms with Crippen LogP contribution in [0.4, 0.5) is 5.69 Å². The molecule has 1 aromatic carbocycles. The van der Waals surface area contributed by atoms with Crippen molar-refractivity contribution >= 4 is 5.69 Å². The number of nitrogens with one attached hydrogen (secondary N) is 1. The van der Waals surface area contributed by atoms with E-state index in [1.54, 1.807) is 7.11 Å². The topological polar surface area (TPSA) is 41.5 Å². The van der Waals surface area contributed by atoms with Crippen molar-refractivity contribution in [2.45, 2.75) is 56.6 Å². The first kappa shape index (κ1) is 13.7. The third kappa shape index (κ3) is 2.51. The third-order valence-corrected chi connectivity index (χ3v) is 5.17. The summed E-state index contributed by atoms with van der Waals surface area (Å²) in [5, 5.41) is 14.7. The molecule has 0 radical (unpaired) electrons. The molecule has 0 amide bonds. The van der Waals surface area contributed by atoms with E-state index in [1.165, 1.54) is 25.7 Å². The Kier molecular flexibility index (Phi) is 3.88. The van der Waals surface area contributed by atoms with Gasteiger partial charge in [-0.1, -0.05) is 19.3 Å². The lowest BCUT2D eigenvalue weighted by molar-refractivity contribution is -0.0835. The summed E-state index contributed by atoms with van der Waals surface area (Å²) in [6.45, 7) is 0. The fraction of sp³-hybridized carbons (Fsp3) is 0.647. The predicted octanol–water partition coefficient (Wildman–Crippen LogP) is 3.58. The number of hydrogen-bond acceptors (Lipinski definition) is 3. The van der Waals surface area contributed by atoms with E-state index in [-0.39, 0.29) is 6.04 Å². The van der Waals surface area contributed by atoms with Crippen LogP contribution in [0.2, 0.25) is 0 Å². The summed E-state index contributed by atoms with van der Waals surface area (Å²) in [6.07, 6.45) is 8.07.